The fourth-order valence-electron chi connectivity index (χ4n) is 3.60. The van der Waals surface area contributed by atoms with Gasteiger partial charge in [-0.2, -0.15) is 9.40 Å². The Balaban J connectivity index is 1.60. The Hall–Kier alpha value is -2.43. The molecule has 2 aliphatic rings. The molecule has 150 valence electrons. The number of nitrogens with one attached hydrogen (secondary N) is 1. The summed E-state index contributed by atoms with van der Waals surface area (Å²) in [4.78, 5) is 14.6. The normalized spacial score (nSPS) is 21.5. The Kier molecular flexibility index (Phi) is 4.86. The minimum atomic E-state index is -3.27. The molecule has 1 aromatic heterocycles. The number of aryl methyl sites for hydroxylation is 1. The maximum Gasteiger partial charge on any atom is 0.238 e. The van der Waals surface area contributed by atoms with E-state index >= 15 is 0 Å². The molecule has 28 heavy (non-hydrogen) atoms. The van der Waals surface area contributed by atoms with Crippen molar-refractivity contribution in [2.75, 3.05) is 44.4 Å². The molecule has 0 aliphatic carbocycles. The van der Waals surface area contributed by atoms with Gasteiger partial charge in [-0.15, -0.1) is 0 Å². The number of amides is 1. The lowest BCUT2D eigenvalue weighted by atomic mass is 10.1. The molecular formula is C18H23N5O4S. The summed E-state index contributed by atoms with van der Waals surface area (Å²) >= 11 is 0. The lowest BCUT2D eigenvalue weighted by Crippen LogP contribution is -2.57. The van der Waals surface area contributed by atoms with E-state index in [1.165, 1.54) is 10.6 Å². The van der Waals surface area contributed by atoms with Gasteiger partial charge in [-0.1, -0.05) is 6.07 Å². The van der Waals surface area contributed by atoms with E-state index in [9.17, 15) is 13.2 Å². The Labute approximate surface area is 163 Å². The van der Waals surface area contributed by atoms with Crippen molar-refractivity contribution >= 4 is 21.6 Å². The molecule has 1 fully saturated rings. The number of nitrogens with zero attached hydrogens (tertiary/aromatic N) is 4. The first-order chi connectivity index (χ1) is 13.3. The zero-order valence-electron chi connectivity index (χ0n) is 15.8. The highest BCUT2D eigenvalue weighted by atomic mass is 32.2. The molecule has 0 radical (unpaired) electrons. The van der Waals surface area contributed by atoms with Crippen LogP contribution in [0.15, 0.2) is 30.6 Å². The van der Waals surface area contributed by atoms with Crippen molar-refractivity contribution in [2.24, 2.45) is 7.05 Å². The largest absolute Gasteiger partial charge is 0.490 e. The molecule has 4 rings (SSSR count). The summed E-state index contributed by atoms with van der Waals surface area (Å²) in [5, 5.41) is 7.11. The van der Waals surface area contributed by atoms with Crippen LogP contribution < -0.4 is 10.1 Å². The smallest absolute Gasteiger partial charge is 0.238 e. The van der Waals surface area contributed by atoms with Crippen LogP contribution in [0.4, 0.5) is 5.69 Å². The highest BCUT2D eigenvalue weighted by molar-refractivity contribution is 7.88. The fourth-order valence-corrected chi connectivity index (χ4v) is 4.45. The van der Waals surface area contributed by atoms with Crippen molar-refractivity contribution in [2.45, 2.75) is 6.04 Å². The van der Waals surface area contributed by atoms with Crippen LogP contribution in [0.1, 0.15) is 0 Å². The first-order valence-electron chi connectivity index (χ1n) is 9.04. The van der Waals surface area contributed by atoms with Crippen molar-refractivity contribution in [1.82, 2.24) is 19.0 Å². The van der Waals surface area contributed by atoms with Crippen molar-refractivity contribution in [3.05, 3.63) is 30.6 Å². The van der Waals surface area contributed by atoms with E-state index in [1.807, 2.05) is 36.3 Å². The van der Waals surface area contributed by atoms with Gasteiger partial charge < -0.3 is 10.1 Å². The molecule has 10 heteroatoms. The number of hydrogen-bond acceptors (Lipinski definition) is 6. The second-order valence-corrected chi connectivity index (χ2v) is 9.20. The molecule has 1 saturated heterocycles. The van der Waals surface area contributed by atoms with Gasteiger partial charge in [0.1, 0.15) is 12.4 Å². The summed E-state index contributed by atoms with van der Waals surface area (Å²) in [6, 6.07) is 5.43. The van der Waals surface area contributed by atoms with Gasteiger partial charge in [0.05, 0.1) is 30.7 Å². The molecule has 0 spiro atoms. The van der Waals surface area contributed by atoms with Crippen LogP contribution in [0.2, 0.25) is 0 Å². The van der Waals surface area contributed by atoms with Gasteiger partial charge in [0.15, 0.2) is 0 Å². The third-order valence-electron chi connectivity index (χ3n) is 5.11. The highest BCUT2D eigenvalue weighted by Crippen LogP contribution is 2.32. The lowest BCUT2D eigenvalue weighted by molar-refractivity contribution is -0.118. The predicted octanol–water partition coefficient (Wildman–Crippen LogP) is 0.364. The number of rotatable bonds is 2. The van der Waals surface area contributed by atoms with Gasteiger partial charge in [0.25, 0.3) is 0 Å². The zero-order chi connectivity index (χ0) is 19.9. The van der Waals surface area contributed by atoms with E-state index in [2.05, 4.69) is 10.4 Å². The van der Waals surface area contributed by atoms with Crippen LogP contribution in [0.5, 0.6) is 5.75 Å². The van der Waals surface area contributed by atoms with Gasteiger partial charge in [0, 0.05) is 38.4 Å². The molecule has 0 bridgehead atoms. The summed E-state index contributed by atoms with van der Waals surface area (Å²) in [7, 11) is -1.42. The van der Waals surface area contributed by atoms with Crippen LogP contribution in [-0.4, -0.2) is 78.4 Å². The maximum absolute atomic E-state index is 12.6. The number of benzene rings is 1. The van der Waals surface area contributed by atoms with Crippen molar-refractivity contribution in [3.8, 4) is 16.9 Å². The van der Waals surface area contributed by atoms with E-state index in [0.29, 0.717) is 37.7 Å². The molecule has 2 aliphatic heterocycles. The average molecular weight is 405 g/mol. The second-order valence-electron chi connectivity index (χ2n) is 7.22. The topological polar surface area (TPSA) is 96.8 Å². The summed E-state index contributed by atoms with van der Waals surface area (Å²) in [5.41, 5.74) is 2.47. The van der Waals surface area contributed by atoms with Crippen molar-refractivity contribution < 1.29 is 17.9 Å². The molecule has 9 nitrogen and oxygen atoms in total. The number of fused-ring (bicyclic) bond motifs is 2. The van der Waals surface area contributed by atoms with Gasteiger partial charge in [-0.25, -0.2) is 8.42 Å². The molecule has 1 amide bonds. The van der Waals surface area contributed by atoms with Crippen LogP contribution in [0.25, 0.3) is 11.1 Å². The summed E-state index contributed by atoms with van der Waals surface area (Å²) in [6.45, 7) is 1.68. The monoisotopic (exact) mass is 405 g/mol. The first kappa shape index (κ1) is 18.9. The molecule has 1 N–H and O–H groups in total. The number of ether oxygens (including phenoxy) is 1. The quantitative estimate of drug-likeness (QED) is 0.775. The highest BCUT2D eigenvalue weighted by Gasteiger charge is 2.33. The number of carbonyl (C=O) groups is 1. The minimum Gasteiger partial charge on any atom is -0.490 e. The molecule has 3 heterocycles. The third kappa shape index (κ3) is 3.89. The van der Waals surface area contributed by atoms with E-state index in [0.717, 1.165) is 11.1 Å². The Morgan fingerprint density at radius 2 is 2.07 bits per heavy atom. The second kappa shape index (κ2) is 7.19. The maximum atomic E-state index is 12.6. The van der Waals surface area contributed by atoms with E-state index in [1.54, 1.807) is 10.9 Å². The fraction of sp³-hybridized carbons (Fsp3) is 0.444. The number of sulfonamides is 1. The first-order valence-corrected chi connectivity index (χ1v) is 10.9. The van der Waals surface area contributed by atoms with Crippen LogP contribution in [0, 0.1) is 0 Å². The molecule has 0 saturated carbocycles. The Bertz CT molecular complexity index is 1000. The number of carbonyl (C=O) groups excluding carboxylic acids is 1. The number of aromatic nitrogens is 2. The zero-order valence-corrected chi connectivity index (χ0v) is 16.6. The average Bonchev–Trinajstić information content (AvgIpc) is 3.08. The van der Waals surface area contributed by atoms with E-state index in [4.69, 9.17) is 4.74 Å². The molecular weight excluding hydrogens is 382 g/mol. The Morgan fingerprint density at radius 3 is 2.79 bits per heavy atom. The van der Waals surface area contributed by atoms with Crippen molar-refractivity contribution in [3.63, 3.8) is 0 Å². The molecule has 1 atom stereocenters. The standard InChI is InChI=1S/C18H23N5O4S/c1-21-9-14(8-19-21)13-3-4-17-16(7-13)20-18(24)11-22-5-6-23(28(2,25)26)10-15(22)12-27-17/h3-4,7-9,15H,5-6,10-12H2,1-2H3,(H,20,24)/t15-/m0/s1. The van der Waals surface area contributed by atoms with Crippen LogP contribution in [-0.2, 0) is 21.9 Å². The summed E-state index contributed by atoms with van der Waals surface area (Å²) in [6.07, 6.45) is 4.87. The number of anilines is 1. The van der Waals surface area contributed by atoms with Crippen LogP contribution >= 0.6 is 0 Å². The summed E-state index contributed by atoms with van der Waals surface area (Å²) < 4.78 is 32.9. The summed E-state index contributed by atoms with van der Waals surface area (Å²) in [5.74, 6) is 0.423. The third-order valence-corrected chi connectivity index (χ3v) is 6.38. The van der Waals surface area contributed by atoms with E-state index < -0.39 is 10.0 Å². The number of piperazine rings is 1. The van der Waals surface area contributed by atoms with E-state index in [-0.39, 0.29) is 18.5 Å². The van der Waals surface area contributed by atoms with Gasteiger partial charge in [0.2, 0.25) is 15.9 Å². The molecule has 2 aromatic rings. The predicted molar refractivity (Wildman–Crippen MR) is 105 cm³/mol. The number of hydrogen-bond donors (Lipinski definition) is 1. The minimum absolute atomic E-state index is 0.145. The van der Waals surface area contributed by atoms with Crippen LogP contribution in [0.3, 0.4) is 0 Å². The molecule has 1 aromatic carbocycles. The molecule has 0 unspecified atom stereocenters. The van der Waals surface area contributed by atoms with Gasteiger partial charge >= 0.3 is 0 Å². The van der Waals surface area contributed by atoms with Gasteiger partial charge in [-0.05, 0) is 17.7 Å². The Morgan fingerprint density at radius 1 is 1.25 bits per heavy atom. The van der Waals surface area contributed by atoms with Crippen molar-refractivity contribution in [1.29, 1.82) is 0 Å². The SMILES string of the molecule is Cn1cc(-c2ccc3c(c2)NC(=O)CN2CCN(S(C)(=O)=O)C[C@H]2CO3)cn1. The van der Waals surface area contributed by atoms with Gasteiger partial charge in [-0.3, -0.25) is 14.4 Å². The lowest BCUT2D eigenvalue weighted by Gasteiger charge is -2.39.